The van der Waals surface area contributed by atoms with Gasteiger partial charge in [-0.05, 0) is 18.6 Å². The van der Waals surface area contributed by atoms with E-state index in [1.165, 1.54) is 0 Å². The van der Waals surface area contributed by atoms with Gasteiger partial charge in [0.15, 0.2) is 5.69 Å². The summed E-state index contributed by atoms with van der Waals surface area (Å²) in [7, 11) is 1.64. The number of benzene rings is 1. The van der Waals surface area contributed by atoms with Crippen molar-refractivity contribution in [3.63, 3.8) is 0 Å². The van der Waals surface area contributed by atoms with Gasteiger partial charge in [0.05, 0.1) is 5.52 Å². The summed E-state index contributed by atoms with van der Waals surface area (Å²) in [6.07, 6.45) is 0.781. The summed E-state index contributed by atoms with van der Waals surface area (Å²) in [6.45, 7) is 1.20. The van der Waals surface area contributed by atoms with Crippen molar-refractivity contribution in [1.82, 2.24) is 15.5 Å². The molecule has 2 aromatic rings. The fourth-order valence-corrected chi connectivity index (χ4v) is 1.60. The van der Waals surface area contributed by atoms with Crippen molar-refractivity contribution in [2.45, 2.75) is 6.42 Å². The quantitative estimate of drug-likeness (QED) is 0.809. The minimum absolute atomic E-state index is 0.204. The van der Waals surface area contributed by atoms with Crippen molar-refractivity contribution in [2.75, 3.05) is 20.3 Å². The number of amides is 1. The first-order valence-corrected chi connectivity index (χ1v) is 5.81. The highest BCUT2D eigenvalue weighted by molar-refractivity contribution is 5.95. The number of methoxy groups -OCH3 is 1. The van der Waals surface area contributed by atoms with E-state index < -0.39 is 0 Å². The van der Waals surface area contributed by atoms with Gasteiger partial charge in [-0.15, -0.1) is 10.2 Å². The van der Waals surface area contributed by atoms with Gasteiger partial charge in [0.25, 0.3) is 5.91 Å². The van der Waals surface area contributed by atoms with E-state index in [2.05, 4.69) is 15.5 Å². The second kappa shape index (κ2) is 6.07. The topological polar surface area (TPSA) is 64.1 Å². The van der Waals surface area contributed by atoms with E-state index in [0.717, 1.165) is 17.3 Å². The molecule has 1 amide bonds. The second-order valence-electron chi connectivity index (χ2n) is 3.89. The number of carbonyl (C=O) groups excluding carboxylic acids is 1. The lowest BCUT2D eigenvalue weighted by Gasteiger charge is -2.04. The molecule has 1 aromatic heterocycles. The number of nitrogens with one attached hydrogen (secondary N) is 1. The molecule has 1 aromatic carbocycles. The molecule has 0 unspecified atom stereocenters. The Hall–Kier alpha value is -2.01. The first-order valence-electron chi connectivity index (χ1n) is 5.81. The highest BCUT2D eigenvalue weighted by Gasteiger charge is 2.08. The SMILES string of the molecule is COCCCNC(=O)c1cc2ccccc2nn1. The average Bonchev–Trinajstić information content (AvgIpc) is 2.43. The van der Waals surface area contributed by atoms with E-state index in [-0.39, 0.29) is 5.91 Å². The van der Waals surface area contributed by atoms with Crippen molar-refractivity contribution in [3.05, 3.63) is 36.0 Å². The van der Waals surface area contributed by atoms with Crippen LogP contribution in [0.4, 0.5) is 0 Å². The summed E-state index contributed by atoms with van der Waals surface area (Å²) < 4.78 is 4.91. The number of hydrogen-bond donors (Lipinski definition) is 1. The van der Waals surface area contributed by atoms with Crippen molar-refractivity contribution >= 4 is 16.8 Å². The fourth-order valence-electron chi connectivity index (χ4n) is 1.60. The van der Waals surface area contributed by atoms with Crippen molar-refractivity contribution in [2.24, 2.45) is 0 Å². The van der Waals surface area contributed by atoms with Gasteiger partial charge in [0.1, 0.15) is 0 Å². The zero-order valence-corrected chi connectivity index (χ0v) is 10.2. The van der Waals surface area contributed by atoms with Crippen LogP contribution in [0.5, 0.6) is 0 Å². The van der Waals surface area contributed by atoms with Gasteiger partial charge in [0.2, 0.25) is 0 Å². The van der Waals surface area contributed by atoms with Gasteiger partial charge >= 0.3 is 0 Å². The van der Waals surface area contributed by atoms with E-state index in [1.54, 1.807) is 13.2 Å². The Kier molecular flexibility index (Phi) is 4.20. The summed E-state index contributed by atoms with van der Waals surface area (Å²) in [5.41, 5.74) is 1.12. The molecule has 0 aliphatic carbocycles. The van der Waals surface area contributed by atoms with Crippen LogP contribution >= 0.6 is 0 Å². The zero-order chi connectivity index (χ0) is 12.8. The summed E-state index contributed by atoms with van der Waals surface area (Å²) in [5, 5.41) is 11.6. The molecule has 0 bridgehead atoms. The molecule has 5 heteroatoms. The Morgan fingerprint density at radius 3 is 3.00 bits per heavy atom. The maximum atomic E-state index is 11.8. The molecular weight excluding hydrogens is 230 g/mol. The lowest BCUT2D eigenvalue weighted by atomic mass is 10.2. The zero-order valence-electron chi connectivity index (χ0n) is 10.2. The van der Waals surface area contributed by atoms with Gasteiger partial charge < -0.3 is 10.1 Å². The average molecular weight is 245 g/mol. The third-order valence-electron chi connectivity index (χ3n) is 2.54. The molecule has 0 aliphatic rings. The monoisotopic (exact) mass is 245 g/mol. The van der Waals surface area contributed by atoms with E-state index >= 15 is 0 Å². The number of hydrogen-bond acceptors (Lipinski definition) is 4. The van der Waals surface area contributed by atoms with Crippen LogP contribution < -0.4 is 5.32 Å². The van der Waals surface area contributed by atoms with Crippen LogP contribution in [-0.2, 0) is 4.74 Å². The van der Waals surface area contributed by atoms with Crippen LogP contribution in [0.3, 0.4) is 0 Å². The molecule has 5 nitrogen and oxygen atoms in total. The number of carbonyl (C=O) groups is 1. The van der Waals surface area contributed by atoms with E-state index in [0.29, 0.717) is 18.8 Å². The minimum Gasteiger partial charge on any atom is -0.385 e. The molecule has 1 N–H and O–H groups in total. The van der Waals surface area contributed by atoms with E-state index in [9.17, 15) is 4.79 Å². The smallest absolute Gasteiger partial charge is 0.271 e. The van der Waals surface area contributed by atoms with Gasteiger partial charge in [-0.2, -0.15) is 0 Å². The molecule has 1 heterocycles. The number of fused-ring (bicyclic) bond motifs is 1. The van der Waals surface area contributed by atoms with Gasteiger partial charge in [-0.3, -0.25) is 4.79 Å². The van der Waals surface area contributed by atoms with Crippen molar-refractivity contribution in [3.8, 4) is 0 Å². The van der Waals surface area contributed by atoms with Gasteiger partial charge in [0, 0.05) is 25.6 Å². The Morgan fingerprint density at radius 2 is 2.17 bits per heavy atom. The lowest BCUT2D eigenvalue weighted by Crippen LogP contribution is -2.26. The molecule has 18 heavy (non-hydrogen) atoms. The third-order valence-corrected chi connectivity index (χ3v) is 2.54. The third kappa shape index (κ3) is 3.01. The molecule has 2 rings (SSSR count). The molecule has 0 atom stereocenters. The number of rotatable bonds is 5. The minimum atomic E-state index is -0.204. The number of aromatic nitrogens is 2. The summed E-state index contributed by atoms with van der Waals surface area (Å²) in [6, 6.07) is 9.31. The molecular formula is C13H15N3O2. The van der Waals surface area contributed by atoms with Crippen LogP contribution in [0, 0.1) is 0 Å². The van der Waals surface area contributed by atoms with Crippen molar-refractivity contribution in [1.29, 1.82) is 0 Å². The lowest BCUT2D eigenvalue weighted by molar-refractivity contribution is 0.0943. The standard InChI is InChI=1S/C13H15N3O2/c1-18-8-4-7-14-13(17)12-9-10-5-2-3-6-11(10)15-16-12/h2-3,5-6,9H,4,7-8H2,1H3,(H,14,17). The fraction of sp³-hybridized carbons (Fsp3) is 0.308. The van der Waals surface area contributed by atoms with Crippen molar-refractivity contribution < 1.29 is 9.53 Å². The summed E-state index contributed by atoms with van der Waals surface area (Å²) >= 11 is 0. The van der Waals surface area contributed by atoms with E-state index in [4.69, 9.17) is 4.74 Å². The first kappa shape index (κ1) is 12.4. The Bertz CT molecular complexity index is 543. The van der Waals surface area contributed by atoms with Crippen LogP contribution in [0.15, 0.2) is 30.3 Å². The largest absolute Gasteiger partial charge is 0.385 e. The van der Waals surface area contributed by atoms with Crippen LogP contribution in [0.25, 0.3) is 10.9 Å². The second-order valence-corrected chi connectivity index (χ2v) is 3.89. The molecule has 0 spiro atoms. The normalized spacial score (nSPS) is 10.5. The predicted octanol–water partition coefficient (Wildman–Crippen LogP) is 1.40. The predicted molar refractivity (Wildman–Crippen MR) is 68.4 cm³/mol. The van der Waals surface area contributed by atoms with Gasteiger partial charge in [-0.25, -0.2) is 0 Å². The molecule has 0 fully saturated rings. The highest BCUT2D eigenvalue weighted by atomic mass is 16.5. The summed E-state index contributed by atoms with van der Waals surface area (Å²) in [4.78, 5) is 11.8. The Morgan fingerprint density at radius 1 is 1.33 bits per heavy atom. The maximum Gasteiger partial charge on any atom is 0.271 e. The van der Waals surface area contributed by atoms with Crippen LogP contribution in [0.2, 0.25) is 0 Å². The Labute approximate surface area is 105 Å². The Balaban J connectivity index is 2.04. The summed E-state index contributed by atoms with van der Waals surface area (Å²) in [5.74, 6) is -0.204. The molecule has 0 aliphatic heterocycles. The molecule has 94 valence electrons. The molecule has 0 saturated carbocycles. The first-order chi connectivity index (χ1) is 8.81. The number of nitrogens with zero attached hydrogens (tertiary/aromatic N) is 2. The van der Waals surface area contributed by atoms with Crippen LogP contribution in [0.1, 0.15) is 16.9 Å². The van der Waals surface area contributed by atoms with Gasteiger partial charge in [-0.1, -0.05) is 18.2 Å². The molecule has 0 radical (unpaired) electrons. The molecule has 0 saturated heterocycles. The number of ether oxygens (including phenoxy) is 1. The maximum absolute atomic E-state index is 11.8. The highest BCUT2D eigenvalue weighted by Crippen LogP contribution is 2.10. The van der Waals surface area contributed by atoms with Crippen LogP contribution in [-0.4, -0.2) is 36.4 Å². The van der Waals surface area contributed by atoms with E-state index in [1.807, 2.05) is 24.3 Å².